The van der Waals surface area contributed by atoms with Gasteiger partial charge in [0.05, 0.1) is 6.61 Å². The molecule has 0 rings (SSSR count). The van der Waals surface area contributed by atoms with Crippen molar-refractivity contribution in [1.82, 2.24) is 10.2 Å². The van der Waals surface area contributed by atoms with Crippen LogP contribution in [0.15, 0.2) is 0 Å². The van der Waals surface area contributed by atoms with E-state index in [1.807, 2.05) is 0 Å². The first-order valence-corrected chi connectivity index (χ1v) is 8.16. The van der Waals surface area contributed by atoms with E-state index < -0.39 is 0 Å². The molecule has 0 fully saturated rings. The van der Waals surface area contributed by atoms with E-state index >= 15 is 0 Å². The molecular formula is C16H36N2O. The summed E-state index contributed by atoms with van der Waals surface area (Å²) in [6, 6.07) is 1.36. The summed E-state index contributed by atoms with van der Waals surface area (Å²) in [5.74, 6) is 0. The molecule has 0 saturated carbocycles. The van der Waals surface area contributed by atoms with E-state index in [2.05, 4.69) is 37.9 Å². The predicted molar refractivity (Wildman–Crippen MR) is 84.8 cm³/mol. The molecule has 1 unspecified atom stereocenters. The summed E-state index contributed by atoms with van der Waals surface area (Å²) >= 11 is 0. The molecular weight excluding hydrogens is 236 g/mol. The molecule has 1 atom stereocenters. The Morgan fingerprint density at radius 3 is 2.32 bits per heavy atom. The van der Waals surface area contributed by atoms with E-state index in [1.165, 1.54) is 32.1 Å². The number of nitrogens with one attached hydrogen (secondary N) is 1. The first kappa shape index (κ1) is 18.9. The number of rotatable bonds is 13. The zero-order valence-electron chi connectivity index (χ0n) is 13.9. The van der Waals surface area contributed by atoms with Crippen molar-refractivity contribution < 1.29 is 4.74 Å². The summed E-state index contributed by atoms with van der Waals surface area (Å²) in [6.07, 6.45) is 6.24. The van der Waals surface area contributed by atoms with Crippen molar-refractivity contribution in [2.75, 3.05) is 33.4 Å². The van der Waals surface area contributed by atoms with E-state index in [0.717, 1.165) is 26.2 Å². The van der Waals surface area contributed by atoms with Gasteiger partial charge in [-0.3, -0.25) is 4.90 Å². The van der Waals surface area contributed by atoms with Crippen LogP contribution in [0.1, 0.15) is 59.8 Å². The number of ether oxygens (including phenoxy) is 1. The van der Waals surface area contributed by atoms with Gasteiger partial charge in [0.15, 0.2) is 0 Å². The summed E-state index contributed by atoms with van der Waals surface area (Å²) in [5.41, 5.74) is 0. The van der Waals surface area contributed by atoms with Crippen molar-refractivity contribution in [2.24, 2.45) is 0 Å². The lowest BCUT2D eigenvalue weighted by molar-refractivity contribution is 0.0815. The molecule has 116 valence electrons. The second-order valence-corrected chi connectivity index (χ2v) is 5.44. The van der Waals surface area contributed by atoms with E-state index in [0.29, 0.717) is 12.1 Å². The van der Waals surface area contributed by atoms with E-state index in [4.69, 9.17) is 4.74 Å². The number of hydrogen-bond acceptors (Lipinski definition) is 3. The molecule has 3 nitrogen and oxygen atoms in total. The second kappa shape index (κ2) is 12.9. The van der Waals surface area contributed by atoms with Crippen LogP contribution in [-0.2, 0) is 4.74 Å². The minimum absolute atomic E-state index is 0.656. The molecule has 0 aliphatic carbocycles. The Kier molecular flexibility index (Phi) is 12.8. The molecule has 0 spiro atoms. The molecule has 0 aliphatic heterocycles. The minimum Gasteiger partial charge on any atom is -0.383 e. The zero-order chi connectivity index (χ0) is 14.5. The monoisotopic (exact) mass is 272 g/mol. The standard InChI is InChI=1S/C16H36N2O/c1-6-11-17-12-9-10-15(4)18(13-14-19-5)16(7-2)8-3/h15-17H,6-14H2,1-5H3. The molecule has 0 radical (unpaired) electrons. The molecule has 0 aromatic carbocycles. The van der Waals surface area contributed by atoms with Crippen LogP contribution in [0.2, 0.25) is 0 Å². The maximum Gasteiger partial charge on any atom is 0.0589 e. The van der Waals surface area contributed by atoms with E-state index in [9.17, 15) is 0 Å². The molecule has 0 saturated heterocycles. The van der Waals surface area contributed by atoms with Crippen LogP contribution in [0.3, 0.4) is 0 Å². The van der Waals surface area contributed by atoms with Crippen molar-refractivity contribution in [2.45, 2.75) is 71.9 Å². The zero-order valence-corrected chi connectivity index (χ0v) is 13.9. The summed E-state index contributed by atoms with van der Waals surface area (Å²) in [4.78, 5) is 2.64. The molecule has 0 aromatic heterocycles. The van der Waals surface area contributed by atoms with Crippen LogP contribution in [0.25, 0.3) is 0 Å². The molecule has 0 aliphatic rings. The SMILES string of the molecule is CCCNCCCC(C)N(CCOC)C(CC)CC. The van der Waals surface area contributed by atoms with Crippen molar-refractivity contribution in [3.63, 3.8) is 0 Å². The van der Waals surface area contributed by atoms with E-state index in [-0.39, 0.29) is 0 Å². The van der Waals surface area contributed by atoms with Crippen molar-refractivity contribution in [3.8, 4) is 0 Å². The fraction of sp³-hybridized carbons (Fsp3) is 1.00. The predicted octanol–water partition coefficient (Wildman–Crippen LogP) is 3.29. The Bertz CT molecular complexity index is 184. The molecule has 0 heterocycles. The van der Waals surface area contributed by atoms with Gasteiger partial charge in [0, 0.05) is 25.7 Å². The Morgan fingerprint density at radius 2 is 1.79 bits per heavy atom. The Labute approximate surface area is 121 Å². The van der Waals surface area contributed by atoms with Gasteiger partial charge in [0.25, 0.3) is 0 Å². The topological polar surface area (TPSA) is 24.5 Å². The van der Waals surface area contributed by atoms with Crippen LogP contribution < -0.4 is 5.32 Å². The number of nitrogens with zero attached hydrogens (tertiary/aromatic N) is 1. The largest absolute Gasteiger partial charge is 0.383 e. The molecule has 3 heteroatoms. The highest BCUT2D eigenvalue weighted by Gasteiger charge is 2.20. The average molecular weight is 272 g/mol. The van der Waals surface area contributed by atoms with Crippen molar-refractivity contribution in [1.29, 1.82) is 0 Å². The van der Waals surface area contributed by atoms with Gasteiger partial charge in [-0.1, -0.05) is 20.8 Å². The lowest BCUT2D eigenvalue weighted by atomic mass is 10.0. The average Bonchev–Trinajstić information content (AvgIpc) is 2.43. The molecule has 0 amide bonds. The highest BCUT2D eigenvalue weighted by molar-refractivity contribution is 4.75. The van der Waals surface area contributed by atoms with Gasteiger partial charge in [-0.05, 0) is 52.1 Å². The Balaban J connectivity index is 4.09. The summed E-state index contributed by atoms with van der Waals surface area (Å²) < 4.78 is 5.27. The second-order valence-electron chi connectivity index (χ2n) is 5.44. The van der Waals surface area contributed by atoms with E-state index in [1.54, 1.807) is 7.11 Å². The van der Waals surface area contributed by atoms with Crippen LogP contribution in [0.4, 0.5) is 0 Å². The van der Waals surface area contributed by atoms with Crippen LogP contribution in [-0.4, -0.2) is 50.3 Å². The first-order valence-electron chi connectivity index (χ1n) is 8.16. The number of hydrogen-bond donors (Lipinski definition) is 1. The molecule has 0 aromatic rings. The molecule has 0 bridgehead atoms. The van der Waals surface area contributed by atoms with Gasteiger partial charge in [0.1, 0.15) is 0 Å². The molecule has 1 N–H and O–H groups in total. The van der Waals surface area contributed by atoms with Gasteiger partial charge in [-0.15, -0.1) is 0 Å². The van der Waals surface area contributed by atoms with Crippen LogP contribution in [0.5, 0.6) is 0 Å². The first-order chi connectivity index (χ1) is 9.21. The third kappa shape index (κ3) is 8.61. The third-order valence-corrected chi connectivity index (χ3v) is 3.93. The lowest BCUT2D eigenvalue weighted by Crippen LogP contribution is -2.43. The van der Waals surface area contributed by atoms with Crippen LogP contribution >= 0.6 is 0 Å². The fourth-order valence-corrected chi connectivity index (χ4v) is 2.71. The maximum absolute atomic E-state index is 5.27. The van der Waals surface area contributed by atoms with Gasteiger partial charge in [-0.2, -0.15) is 0 Å². The van der Waals surface area contributed by atoms with Gasteiger partial charge < -0.3 is 10.1 Å². The highest BCUT2D eigenvalue weighted by atomic mass is 16.5. The third-order valence-electron chi connectivity index (χ3n) is 3.93. The highest BCUT2D eigenvalue weighted by Crippen LogP contribution is 2.15. The Morgan fingerprint density at radius 1 is 1.11 bits per heavy atom. The van der Waals surface area contributed by atoms with Gasteiger partial charge in [0.2, 0.25) is 0 Å². The minimum atomic E-state index is 0.656. The lowest BCUT2D eigenvalue weighted by Gasteiger charge is -2.35. The van der Waals surface area contributed by atoms with Crippen molar-refractivity contribution in [3.05, 3.63) is 0 Å². The summed E-state index contributed by atoms with van der Waals surface area (Å²) in [6.45, 7) is 13.4. The van der Waals surface area contributed by atoms with Crippen LogP contribution in [0, 0.1) is 0 Å². The fourth-order valence-electron chi connectivity index (χ4n) is 2.71. The van der Waals surface area contributed by atoms with Gasteiger partial charge in [-0.25, -0.2) is 0 Å². The molecule has 19 heavy (non-hydrogen) atoms. The summed E-state index contributed by atoms with van der Waals surface area (Å²) in [7, 11) is 1.80. The summed E-state index contributed by atoms with van der Waals surface area (Å²) in [5, 5.41) is 3.49. The van der Waals surface area contributed by atoms with Gasteiger partial charge >= 0.3 is 0 Å². The number of methoxy groups -OCH3 is 1. The maximum atomic E-state index is 5.27. The Hall–Kier alpha value is -0.120. The quantitative estimate of drug-likeness (QED) is 0.521. The normalized spacial score (nSPS) is 13.4. The smallest absolute Gasteiger partial charge is 0.0589 e. The van der Waals surface area contributed by atoms with Crippen molar-refractivity contribution >= 4 is 0 Å².